The Morgan fingerprint density at radius 3 is 2.47 bits per heavy atom. The van der Waals surface area contributed by atoms with Crippen molar-refractivity contribution in [3.63, 3.8) is 0 Å². The van der Waals surface area contributed by atoms with Gasteiger partial charge in [-0.15, -0.1) is 11.3 Å². The van der Waals surface area contributed by atoms with Crippen LogP contribution in [0.3, 0.4) is 0 Å². The summed E-state index contributed by atoms with van der Waals surface area (Å²) in [6.07, 6.45) is -4.62. The summed E-state index contributed by atoms with van der Waals surface area (Å²) in [4.78, 5) is 20.2. The molecule has 0 bridgehead atoms. The van der Waals surface area contributed by atoms with Gasteiger partial charge >= 0.3 is 6.18 Å². The van der Waals surface area contributed by atoms with Gasteiger partial charge in [0.25, 0.3) is 5.91 Å². The number of thiophene rings is 1. The van der Waals surface area contributed by atoms with Gasteiger partial charge in [0.1, 0.15) is 5.82 Å². The van der Waals surface area contributed by atoms with Crippen LogP contribution in [-0.4, -0.2) is 100 Å². The lowest BCUT2D eigenvalue weighted by molar-refractivity contribution is -0.136. The summed E-state index contributed by atoms with van der Waals surface area (Å²) in [7, 11) is -2.09. The number of hydrogen-bond acceptors (Lipinski definition) is 8. The normalized spacial score (nSPS) is 19.0. The van der Waals surface area contributed by atoms with Gasteiger partial charge in [-0.2, -0.15) is 17.5 Å². The number of rotatable bonds is 6. The van der Waals surface area contributed by atoms with Crippen LogP contribution in [0, 0.1) is 0 Å². The van der Waals surface area contributed by atoms with Crippen molar-refractivity contribution in [2.24, 2.45) is 0 Å². The first-order valence-corrected chi connectivity index (χ1v) is 13.3. The molecule has 9 nitrogen and oxygen atoms in total. The fourth-order valence-electron chi connectivity index (χ4n) is 4.06. The molecular formula is C20H26F3N5O4S2. The van der Waals surface area contributed by atoms with Crippen LogP contribution in [0.15, 0.2) is 11.4 Å². The number of pyridine rings is 1. The van der Waals surface area contributed by atoms with Crippen molar-refractivity contribution in [1.29, 1.82) is 0 Å². The summed E-state index contributed by atoms with van der Waals surface area (Å²) in [5.41, 5.74) is -0.776. The Morgan fingerprint density at radius 1 is 1.18 bits per heavy atom. The Morgan fingerprint density at radius 2 is 1.85 bits per heavy atom. The van der Waals surface area contributed by atoms with E-state index in [1.807, 2.05) is 4.90 Å². The number of carbonyl (C=O) groups excluding carboxylic acids is 1. The first-order valence-electron chi connectivity index (χ1n) is 10.8. The lowest BCUT2D eigenvalue weighted by Crippen LogP contribution is -2.50. The zero-order valence-electron chi connectivity index (χ0n) is 18.6. The summed E-state index contributed by atoms with van der Waals surface area (Å²) in [5, 5.41) is 3.79. The van der Waals surface area contributed by atoms with E-state index in [9.17, 15) is 26.4 Å². The highest BCUT2D eigenvalue weighted by molar-refractivity contribution is 7.89. The molecule has 0 aliphatic carbocycles. The number of piperazine rings is 1. The maximum atomic E-state index is 13.8. The number of alkyl halides is 3. The number of nitrogens with one attached hydrogen (secondary N) is 1. The predicted molar refractivity (Wildman–Crippen MR) is 123 cm³/mol. The first kappa shape index (κ1) is 25.1. The highest BCUT2D eigenvalue weighted by Gasteiger charge is 2.36. The summed E-state index contributed by atoms with van der Waals surface area (Å²) in [6, 6.07) is 0.981. The molecule has 1 N–H and O–H groups in total. The molecule has 4 heterocycles. The van der Waals surface area contributed by atoms with Crippen molar-refractivity contribution in [3.8, 4) is 0 Å². The van der Waals surface area contributed by atoms with E-state index >= 15 is 0 Å². The number of sulfonamides is 1. The number of halogens is 3. The monoisotopic (exact) mass is 521 g/mol. The quantitative estimate of drug-likeness (QED) is 0.615. The molecule has 2 aliphatic heterocycles. The van der Waals surface area contributed by atoms with Gasteiger partial charge in [0.15, 0.2) is 0 Å². The number of anilines is 1. The van der Waals surface area contributed by atoms with Crippen LogP contribution in [0.5, 0.6) is 0 Å². The molecule has 0 atom stereocenters. The second-order valence-corrected chi connectivity index (χ2v) is 11.1. The Kier molecular flexibility index (Phi) is 7.33. The molecule has 2 aromatic rings. The zero-order chi connectivity index (χ0) is 24.5. The smallest absolute Gasteiger partial charge is 0.379 e. The number of fused-ring (bicyclic) bond motifs is 1. The molecule has 2 aliphatic rings. The largest absolute Gasteiger partial charge is 0.417 e. The van der Waals surface area contributed by atoms with Crippen molar-refractivity contribution in [3.05, 3.63) is 22.6 Å². The first-order chi connectivity index (χ1) is 16.1. The maximum absolute atomic E-state index is 13.8. The van der Waals surface area contributed by atoms with E-state index in [2.05, 4.69) is 10.3 Å². The van der Waals surface area contributed by atoms with E-state index in [0.717, 1.165) is 17.4 Å². The van der Waals surface area contributed by atoms with Gasteiger partial charge in [-0.3, -0.25) is 9.69 Å². The maximum Gasteiger partial charge on any atom is 0.417 e. The summed E-state index contributed by atoms with van der Waals surface area (Å²) >= 11 is 0.826. The molecule has 4 rings (SSSR count). The van der Waals surface area contributed by atoms with Crippen LogP contribution in [0.25, 0.3) is 10.2 Å². The van der Waals surface area contributed by atoms with Crippen LogP contribution in [0.1, 0.15) is 15.9 Å². The Hall–Kier alpha value is -2.00. The number of aromatic nitrogens is 1. The van der Waals surface area contributed by atoms with Crippen molar-refractivity contribution >= 4 is 43.3 Å². The Bertz CT molecular complexity index is 1140. The van der Waals surface area contributed by atoms with Crippen LogP contribution >= 0.6 is 11.3 Å². The third-order valence-corrected chi connectivity index (χ3v) is 8.86. The van der Waals surface area contributed by atoms with Gasteiger partial charge < -0.3 is 15.0 Å². The number of ether oxygens (including phenoxy) is 1. The van der Waals surface area contributed by atoms with Gasteiger partial charge in [0.05, 0.1) is 40.3 Å². The van der Waals surface area contributed by atoms with Crippen LogP contribution < -0.4 is 10.2 Å². The molecule has 34 heavy (non-hydrogen) atoms. The average molecular weight is 522 g/mol. The standard InChI is InChI=1S/C20H26F3N5O4S2/c1-24-19(29)14-13-33-18-15(20(21,22)23)12-16(25-17(14)18)27-2-4-28(5-3-27)34(30,31)11-8-26-6-9-32-10-7-26/h12-13H,2-11H2,1H3,(H,24,29). The molecule has 0 radical (unpaired) electrons. The number of morpholine rings is 1. The fraction of sp³-hybridized carbons (Fsp3) is 0.600. The third kappa shape index (κ3) is 5.30. The molecule has 0 spiro atoms. The summed E-state index contributed by atoms with van der Waals surface area (Å²) < 4.78 is 73.5. The van der Waals surface area contributed by atoms with E-state index in [-0.39, 0.29) is 53.5 Å². The molecule has 188 valence electrons. The highest BCUT2D eigenvalue weighted by atomic mass is 32.2. The van der Waals surface area contributed by atoms with Gasteiger partial charge in [-0.1, -0.05) is 0 Å². The molecule has 0 aromatic carbocycles. The molecule has 0 saturated carbocycles. The lowest BCUT2D eigenvalue weighted by atomic mass is 10.1. The van der Waals surface area contributed by atoms with E-state index in [1.165, 1.54) is 16.7 Å². The molecule has 0 unspecified atom stereocenters. The molecule has 1 amide bonds. The number of carbonyl (C=O) groups is 1. The number of hydrogen-bond donors (Lipinski definition) is 1. The van der Waals surface area contributed by atoms with E-state index < -0.39 is 27.7 Å². The molecule has 14 heteroatoms. The molecule has 2 saturated heterocycles. The van der Waals surface area contributed by atoms with Gasteiger partial charge in [-0.05, 0) is 6.07 Å². The molecular weight excluding hydrogens is 495 g/mol. The van der Waals surface area contributed by atoms with Crippen LogP contribution in [0.4, 0.5) is 19.0 Å². The van der Waals surface area contributed by atoms with Crippen molar-refractivity contribution in [1.82, 2.24) is 19.5 Å². The minimum Gasteiger partial charge on any atom is -0.379 e. The number of nitrogens with zero attached hydrogens (tertiary/aromatic N) is 4. The Labute approximate surface area is 199 Å². The van der Waals surface area contributed by atoms with Gasteiger partial charge in [-0.25, -0.2) is 13.4 Å². The second-order valence-electron chi connectivity index (χ2n) is 8.09. The number of amides is 1. The summed E-state index contributed by atoms with van der Waals surface area (Å²) in [6.45, 7) is 3.68. The third-order valence-electron chi connectivity index (χ3n) is 6.01. The topological polar surface area (TPSA) is 95.1 Å². The predicted octanol–water partition coefficient (Wildman–Crippen LogP) is 1.46. The minimum absolute atomic E-state index is 0.00487. The van der Waals surface area contributed by atoms with Crippen molar-refractivity contribution in [2.75, 3.05) is 76.7 Å². The van der Waals surface area contributed by atoms with E-state index in [4.69, 9.17) is 4.74 Å². The second kappa shape index (κ2) is 9.93. The minimum atomic E-state index is -4.62. The van der Waals surface area contributed by atoms with Gasteiger partial charge in [0, 0.05) is 58.2 Å². The lowest BCUT2D eigenvalue weighted by Gasteiger charge is -2.35. The van der Waals surface area contributed by atoms with Crippen LogP contribution in [0.2, 0.25) is 0 Å². The fourth-order valence-corrected chi connectivity index (χ4v) is 6.55. The summed E-state index contributed by atoms with van der Waals surface area (Å²) in [5.74, 6) is -0.450. The van der Waals surface area contributed by atoms with Crippen molar-refractivity contribution in [2.45, 2.75) is 6.18 Å². The molecule has 2 fully saturated rings. The zero-order valence-corrected chi connectivity index (χ0v) is 20.2. The SMILES string of the molecule is CNC(=O)c1csc2c(C(F)(F)F)cc(N3CCN(S(=O)(=O)CCN4CCOCC4)CC3)nc12. The van der Waals surface area contributed by atoms with Gasteiger partial charge in [0.2, 0.25) is 10.0 Å². The highest BCUT2D eigenvalue weighted by Crippen LogP contribution is 2.40. The molecule has 2 aromatic heterocycles. The van der Waals surface area contributed by atoms with Crippen LogP contribution in [-0.2, 0) is 20.9 Å². The Balaban J connectivity index is 1.50. The average Bonchev–Trinajstić information content (AvgIpc) is 3.26. The van der Waals surface area contributed by atoms with E-state index in [1.54, 1.807) is 4.90 Å². The van der Waals surface area contributed by atoms with E-state index in [0.29, 0.717) is 32.8 Å². The van der Waals surface area contributed by atoms with Crippen molar-refractivity contribution < 1.29 is 31.1 Å².